The summed E-state index contributed by atoms with van der Waals surface area (Å²) >= 11 is 0. The number of halogens is 1. The van der Waals surface area contributed by atoms with E-state index in [0.29, 0.717) is 18.4 Å². The lowest BCUT2D eigenvalue weighted by Crippen LogP contribution is -2.56. The van der Waals surface area contributed by atoms with Crippen LogP contribution >= 0.6 is 12.4 Å². The minimum atomic E-state index is -0.441. The molecule has 3 fully saturated rings. The summed E-state index contributed by atoms with van der Waals surface area (Å²) in [4.78, 5) is 2.64. The third-order valence-electron chi connectivity index (χ3n) is 7.33. The van der Waals surface area contributed by atoms with Gasteiger partial charge in [-0.05, 0) is 62.4 Å². The lowest BCUT2D eigenvalue weighted by molar-refractivity contribution is -0.126. The van der Waals surface area contributed by atoms with Gasteiger partial charge in [-0.3, -0.25) is 0 Å². The summed E-state index contributed by atoms with van der Waals surface area (Å²) in [5.74, 6) is 1.15. The highest BCUT2D eigenvalue weighted by Crippen LogP contribution is 2.49. The Kier molecular flexibility index (Phi) is 7.05. The van der Waals surface area contributed by atoms with Crippen molar-refractivity contribution < 1.29 is 4.74 Å². The number of rotatable bonds is 6. The zero-order valence-electron chi connectivity index (χ0n) is 19.2. The van der Waals surface area contributed by atoms with Crippen LogP contribution in [0.3, 0.4) is 0 Å². The highest BCUT2D eigenvalue weighted by atomic mass is 35.5. The number of benzene rings is 3. The van der Waals surface area contributed by atoms with E-state index in [0.717, 1.165) is 6.54 Å². The maximum atomic E-state index is 7.16. The van der Waals surface area contributed by atoms with Crippen LogP contribution in [0.15, 0.2) is 78.9 Å². The third-order valence-corrected chi connectivity index (χ3v) is 7.33. The lowest BCUT2D eigenvalue weighted by atomic mass is 9.65. The molecule has 168 valence electrons. The van der Waals surface area contributed by atoms with Gasteiger partial charge in [0.1, 0.15) is 5.60 Å². The number of fused-ring (bicyclic) bond motifs is 3. The number of nitrogens with zero attached hydrogens (tertiary/aromatic N) is 1. The summed E-state index contributed by atoms with van der Waals surface area (Å²) in [6, 6.07) is 28.7. The molecule has 6 rings (SSSR count). The number of hydrogen-bond donors (Lipinski definition) is 0. The molecule has 2 nitrogen and oxygen atoms in total. The lowest BCUT2D eigenvalue weighted by Gasteiger charge is -2.53. The van der Waals surface area contributed by atoms with Crippen LogP contribution in [-0.4, -0.2) is 24.5 Å². The summed E-state index contributed by atoms with van der Waals surface area (Å²) in [5, 5.41) is 0. The molecular weight excluding hydrogens is 414 g/mol. The molecule has 0 radical (unpaired) electrons. The quantitative estimate of drug-likeness (QED) is 0.426. The van der Waals surface area contributed by atoms with E-state index in [2.05, 4.69) is 97.6 Å². The molecule has 0 spiro atoms. The molecule has 0 aromatic heterocycles. The number of hydrogen-bond acceptors (Lipinski definition) is 2. The van der Waals surface area contributed by atoms with Crippen molar-refractivity contribution in [1.82, 2.24) is 4.90 Å². The summed E-state index contributed by atoms with van der Waals surface area (Å²) in [5.41, 5.74) is 5.98. The molecule has 1 atom stereocenters. The topological polar surface area (TPSA) is 12.5 Å². The van der Waals surface area contributed by atoms with Crippen molar-refractivity contribution in [2.45, 2.75) is 38.9 Å². The Hall–Kier alpha value is -2.13. The normalized spacial score (nSPS) is 22.4. The first-order chi connectivity index (χ1) is 15.1. The second-order valence-electron chi connectivity index (χ2n) is 9.50. The first kappa shape index (κ1) is 23.0. The predicted octanol–water partition coefficient (Wildman–Crippen LogP) is 6.53. The van der Waals surface area contributed by atoms with Gasteiger partial charge in [-0.1, -0.05) is 90.0 Å². The molecule has 2 bridgehead atoms. The Labute approximate surface area is 199 Å². The number of piperidine rings is 3. The summed E-state index contributed by atoms with van der Waals surface area (Å²) < 4.78 is 7.16. The van der Waals surface area contributed by atoms with Crippen LogP contribution in [0.2, 0.25) is 0 Å². The zero-order valence-corrected chi connectivity index (χ0v) is 20.0. The maximum absolute atomic E-state index is 7.16. The molecule has 3 aromatic carbocycles. The molecule has 3 aliphatic rings. The van der Waals surface area contributed by atoms with Gasteiger partial charge in [0.05, 0.1) is 6.61 Å². The molecule has 0 aliphatic carbocycles. The third kappa shape index (κ3) is 4.37. The van der Waals surface area contributed by atoms with Crippen LogP contribution in [0.4, 0.5) is 0 Å². The van der Waals surface area contributed by atoms with Crippen LogP contribution in [0.1, 0.15) is 40.7 Å². The van der Waals surface area contributed by atoms with Crippen molar-refractivity contribution in [2.75, 3.05) is 19.6 Å². The second kappa shape index (κ2) is 9.79. The predicted molar refractivity (Wildman–Crippen MR) is 134 cm³/mol. The fourth-order valence-electron chi connectivity index (χ4n) is 6.02. The molecule has 3 aliphatic heterocycles. The van der Waals surface area contributed by atoms with Gasteiger partial charge in [0, 0.05) is 12.5 Å². The van der Waals surface area contributed by atoms with E-state index in [1.165, 1.54) is 53.7 Å². The Bertz CT molecular complexity index is 952. The molecule has 0 saturated carbocycles. The fourth-order valence-corrected chi connectivity index (χ4v) is 6.02. The van der Waals surface area contributed by atoms with Gasteiger partial charge in [-0.2, -0.15) is 0 Å². The van der Waals surface area contributed by atoms with E-state index < -0.39 is 5.60 Å². The van der Waals surface area contributed by atoms with Crippen LogP contribution in [0.25, 0.3) is 0 Å². The molecule has 3 saturated heterocycles. The van der Waals surface area contributed by atoms with Crippen LogP contribution in [0.5, 0.6) is 0 Å². The maximum Gasteiger partial charge on any atom is 0.123 e. The van der Waals surface area contributed by atoms with Crippen LogP contribution < -0.4 is 0 Å². The summed E-state index contributed by atoms with van der Waals surface area (Å²) in [6.45, 7) is 8.55. The molecule has 3 heteroatoms. The molecular formula is C29H34ClNO. The van der Waals surface area contributed by atoms with Crippen molar-refractivity contribution in [2.24, 2.45) is 11.8 Å². The van der Waals surface area contributed by atoms with Crippen molar-refractivity contribution in [3.63, 3.8) is 0 Å². The van der Waals surface area contributed by atoms with Crippen LogP contribution in [0, 0.1) is 25.7 Å². The van der Waals surface area contributed by atoms with Crippen molar-refractivity contribution in [3.05, 3.63) is 107 Å². The van der Waals surface area contributed by atoms with Crippen molar-refractivity contribution in [1.29, 1.82) is 0 Å². The van der Waals surface area contributed by atoms with Crippen LogP contribution in [-0.2, 0) is 16.9 Å². The van der Waals surface area contributed by atoms with E-state index in [1.807, 2.05) is 0 Å². The average molecular weight is 448 g/mol. The van der Waals surface area contributed by atoms with Crippen molar-refractivity contribution in [3.8, 4) is 0 Å². The first-order valence-corrected chi connectivity index (χ1v) is 11.7. The Morgan fingerprint density at radius 2 is 1.34 bits per heavy atom. The second-order valence-corrected chi connectivity index (χ2v) is 9.50. The van der Waals surface area contributed by atoms with Crippen molar-refractivity contribution >= 4 is 12.4 Å². The largest absolute Gasteiger partial charge is 0.361 e. The van der Waals surface area contributed by atoms with Gasteiger partial charge in [0.2, 0.25) is 0 Å². The summed E-state index contributed by atoms with van der Waals surface area (Å²) in [6.07, 6.45) is 2.55. The van der Waals surface area contributed by atoms with Gasteiger partial charge in [-0.15, -0.1) is 12.4 Å². The standard InChI is InChI=1S/C29H33NO.ClH/c1-22-17-23(2)19-24(18-22)21-31-29(26-9-5-3-6-10-26,27-11-7-4-8-12-27)28-20-30-15-13-25(28)14-16-30;/h3-12,17-19,25,28H,13-16,20-21H2,1-2H3;1H/t28-;/m1./s1. The van der Waals surface area contributed by atoms with E-state index in [9.17, 15) is 0 Å². The SMILES string of the molecule is Cc1cc(C)cc(COC(c2ccccc2)(c2ccccc2)[C@@H]2CN3CCC2CC3)c1.Cl. The Morgan fingerprint density at radius 3 is 1.81 bits per heavy atom. The highest BCUT2D eigenvalue weighted by molar-refractivity contribution is 5.85. The summed E-state index contributed by atoms with van der Waals surface area (Å²) in [7, 11) is 0. The van der Waals surface area contributed by atoms with E-state index >= 15 is 0 Å². The van der Waals surface area contributed by atoms with Gasteiger partial charge >= 0.3 is 0 Å². The molecule has 3 aromatic rings. The number of ether oxygens (including phenoxy) is 1. The van der Waals surface area contributed by atoms with Gasteiger partial charge < -0.3 is 9.64 Å². The number of aryl methyl sites for hydroxylation is 2. The average Bonchev–Trinajstić information content (AvgIpc) is 2.81. The molecule has 3 heterocycles. The van der Waals surface area contributed by atoms with E-state index in [1.54, 1.807) is 0 Å². The van der Waals surface area contributed by atoms with Gasteiger partial charge in [-0.25, -0.2) is 0 Å². The molecule has 32 heavy (non-hydrogen) atoms. The molecule has 0 unspecified atom stereocenters. The van der Waals surface area contributed by atoms with Gasteiger partial charge in [0.15, 0.2) is 0 Å². The minimum Gasteiger partial charge on any atom is -0.361 e. The van der Waals surface area contributed by atoms with E-state index in [4.69, 9.17) is 4.74 Å². The highest BCUT2D eigenvalue weighted by Gasteiger charge is 2.50. The minimum absolute atomic E-state index is 0. The fraction of sp³-hybridized carbons (Fsp3) is 0.379. The molecule has 0 N–H and O–H groups in total. The molecule has 0 amide bonds. The first-order valence-electron chi connectivity index (χ1n) is 11.7. The monoisotopic (exact) mass is 447 g/mol. The smallest absolute Gasteiger partial charge is 0.123 e. The Morgan fingerprint density at radius 1 is 0.812 bits per heavy atom. The van der Waals surface area contributed by atoms with E-state index in [-0.39, 0.29) is 12.4 Å². The Balaban J connectivity index is 0.00000245. The van der Waals surface area contributed by atoms with Gasteiger partial charge in [0.25, 0.3) is 0 Å². The zero-order chi connectivity index (χ0) is 21.3.